The molecule has 3 rings (SSSR count). The van der Waals surface area contributed by atoms with Crippen molar-refractivity contribution in [3.8, 4) is 0 Å². The Morgan fingerprint density at radius 3 is 2.76 bits per heavy atom. The van der Waals surface area contributed by atoms with Gasteiger partial charge in [0.25, 0.3) is 0 Å². The number of aryl methyl sites for hydroxylation is 1. The lowest BCUT2D eigenvalue weighted by atomic mass is 10.4. The third-order valence-corrected chi connectivity index (χ3v) is 4.18. The zero-order valence-corrected chi connectivity index (χ0v) is 12.8. The van der Waals surface area contributed by atoms with Crippen LogP contribution in [-0.2, 0) is 0 Å². The van der Waals surface area contributed by atoms with E-state index in [0.717, 1.165) is 23.8 Å². The number of thioether (sulfide) groups is 1. The van der Waals surface area contributed by atoms with Gasteiger partial charge in [0, 0.05) is 16.7 Å². The molecule has 21 heavy (non-hydrogen) atoms. The predicted molar refractivity (Wildman–Crippen MR) is 85.8 cm³/mol. The van der Waals surface area contributed by atoms with Gasteiger partial charge in [-0.25, -0.2) is 0 Å². The summed E-state index contributed by atoms with van der Waals surface area (Å²) in [6, 6.07) is 14.3. The number of anilines is 1. The zero-order chi connectivity index (χ0) is 14.7. The molecule has 0 aliphatic heterocycles. The van der Waals surface area contributed by atoms with E-state index in [9.17, 15) is 0 Å². The third kappa shape index (κ3) is 3.33. The first-order valence-electron chi connectivity index (χ1n) is 6.87. The standard InChI is InChI=1S/C15H17N5S/c1-11(21-13-6-4-3-5-7-13)10-16-14-8-9-15-18-17-12(2)20(15)19-14/h3-9,11H,10H2,1-2H3,(H,16,19). The van der Waals surface area contributed by atoms with Gasteiger partial charge in [-0.2, -0.15) is 4.52 Å². The van der Waals surface area contributed by atoms with Crippen molar-refractivity contribution in [2.75, 3.05) is 11.9 Å². The van der Waals surface area contributed by atoms with Crippen LogP contribution in [0.3, 0.4) is 0 Å². The van der Waals surface area contributed by atoms with Gasteiger partial charge in [0.05, 0.1) is 0 Å². The van der Waals surface area contributed by atoms with Gasteiger partial charge >= 0.3 is 0 Å². The number of aromatic nitrogens is 4. The second-order valence-corrected chi connectivity index (χ2v) is 6.37. The Kier molecular flexibility index (Phi) is 4.06. The molecule has 6 heteroatoms. The first-order valence-corrected chi connectivity index (χ1v) is 7.75. The van der Waals surface area contributed by atoms with Gasteiger partial charge in [-0.15, -0.1) is 27.1 Å². The highest BCUT2D eigenvalue weighted by atomic mass is 32.2. The Morgan fingerprint density at radius 1 is 1.14 bits per heavy atom. The van der Waals surface area contributed by atoms with Crippen molar-refractivity contribution < 1.29 is 0 Å². The summed E-state index contributed by atoms with van der Waals surface area (Å²) < 4.78 is 1.75. The Morgan fingerprint density at radius 2 is 1.95 bits per heavy atom. The molecular weight excluding hydrogens is 282 g/mol. The van der Waals surface area contributed by atoms with Gasteiger partial charge in [0.1, 0.15) is 5.82 Å². The van der Waals surface area contributed by atoms with Gasteiger partial charge < -0.3 is 5.32 Å². The first kappa shape index (κ1) is 13.9. The van der Waals surface area contributed by atoms with E-state index in [1.165, 1.54) is 4.90 Å². The Balaban J connectivity index is 1.62. The van der Waals surface area contributed by atoms with Crippen LogP contribution in [0.1, 0.15) is 12.7 Å². The molecule has 0 aliphatic rings. The summed E-state index contributed by atoms with van der Waals surface area (Å²) >= 11 is 1.85. The predicted octanol–water partition coefficient (Wildman–Crippen LogP) is 3.03. The van der Waals surface area contributed by atoms with Crippen LogP contribution in [0, 0.1) is 6.92 Å². The molecule has 2 aromatic heterocycles. The van der Waals surface area contributed by atoms with Crippen LogP contribution in [0.5, 0.6) is 0 Å². The van der Waals surface area contributed by atoms with Gasteiger partial charge in [0.15, 0.2) is 11.5 Å². The molecule has 0 spiro atoms. The maximum absolute atomic E-state index is 4.49. The van der Waals surface area contributed by atoms with Gasteiger partial charge in [0.2, 0.25) is 0 Å². The lowest BCUT2D eigenvalue weighted by Crippen LogP contribution is -2.14. The van der Waals surface area contributed by atoms with Crippen LogP contribution in [0.25, 0.3) is 5.65 Å². The summed E-state index contributed by atoms with van der Waals surface area (Å²) in [5.41, 5.74) is 0.768. The van der Waals surface area contributed by atoms with E-state index in [-0.39, 0.29) is 0 Å². The minimum atomic E-state index is 0.451. The van der Waals surface area contributed by atoms with E-state index in [4.69, 9.17) is 0 Å². The molecule has 1 aromatic carbocycles. The average molecular weight is 299 g/mol. The van der Waals surface area contributed by atoms with Crippen LogP contribution in [0.2, 0.25) is 0 Å². The summed E-state index contributed by atoms with van der Waals surface area (Å²) in [7, 11) is 0. The van der Waals surface area contributed by atoms with E-state index in [0.29, 0.717) is 5.25 Å². The zero-order valence-electron chi connectivity index (χ0n) is 12.0. The van der Waals surface area contributed by atoms with Crippen LogP contribution < -0.4 is 5.32 Å². The molecule has 1 atom stereocenters. The topological polar surface area (TPSA) is 55.1 Å². The van der Waals surface area contributed by atoms with Crippen molar-refractivity contribution in [3.05, 3.63) is 48.3 Å². The van der Waals surface area contributed by atoms with Gasteiger partial charge in [-0.3, -0.25) is 0 Å². The summed E-state index contributed by atoms with van der Waals surface area (Å²) in [5.74, 6) is 1.63. The summed E-state index contributed by atoms with van der Waals surface area (Å²) in [5, 5.41) is 16.3. The lowest BCUT2D eigenvalue weighted by molar-refractivity contribution is 0.866. The fourth-order valence-electron chi connectivity index (χ4n) is 2.01. The number of fused-ring (bicyclic) bond motifs is 1. The molecule has 5 nitrogen and oxygen atoms in total. The number of nitrogens with one attached hydrogen (secondary N) is 1. The molecule has 0 radical (unpaired) electrons. The fourth-order valence-corrected chi connectivity index (χ4v) is 2.96. The third-order valence-electron chi connectivity index (χ3n) is 3.07. The number of nitrogens with zero attached hydrogens (tertiary/aromatic N) is 4. The maximum Gasteiger partial charge on any atom is 0.178 e. The molecule has 2 heterocycles. The highest BCUT2D eigenvalue weighted by Gasteiger charge is 2.06. The molecular formula is C15H17N5S. The van der Waals surface area contributed by atoms with Crippen LogP contribution in [-0.4, -0.2) is 31.6 Å². The molecule has 3 aromatic rings. The van der Waals surface area contributed by atoms with Crippen molar-refractivity contribution in [2.24, 2.45) is 0 Å². The van der Waals surface area contributed by atoms with E-state index in [1.54, 1.807) is 4.52 Å². The second-order valence-electron chi connectivity index (χ2n) is 4.86. The number of rotatable bonds is 5. The van der Waals surface area contributed by atoms with Gasteiger partial charge in [-0.05, 0) is 31.2 Å². The SMILES string of the molecule is Cc1nnc2ccc(NCC(C)Sc3ccccc3)nn12. The van der Waals surface area contributed by atoms with Crippen LogP contribution >= 0.6 is 11.8 Å². The molecule has 1 N–H and O–H groups in total. The minimum Gasteiger partial charge on any atom is -0.368 e. The van der Waals surface area contributed by atoms with Crippen LogP contribution in [0.15, 0.2) is 47.4 Å². The highest BCUT2D eigenvalue weighted by molar-refractivity contribution is 8.00. The Bertz CT molecular complexity index is 725. The summed E-state index contributed by atoms with van der Waals surface area (Å²) in [6.45, 7) is 4.94. The normalized spacial score (nSPS) is 12.5. The van der Waals surface area contributed by atoms with Gasteiger partial charge in [-0.1, -0.05) is 25.1 Å². The van der Waals surface area contributed by atoms with Crippen molar-refractivity contribution in [3.63, 3.8) is 0 Å². The lowest BCUT2D eigenvalue weighted by Gasteiger charge is -2.12. The number of hydrogen-bond acceptors (Lipinski definition) is 5. The molecule has 108 valence electrons. The average Bonchev–Trinajstić information content (AvgIpc) is 2.87. The molecule has 0 fully saturated rings. The number of benzene rings is 1. The van der Waals surface area contributed by atoms with E-state index in [1.807, 2.05) is 36.9 Å². The molecule has 0 saturated heterocycles. The quantitative estimate of drug-likeness (QED) is 0.734. The number of hydrogen-bond donors (Lipinski definition) is 1. The maximum atomic E-state index is 4.49. The first-order chi connectivity index (χ1) is 10.2. The monoisotopic (exact) mass is 299 g/mol. The second kappa shape index (κ2) is 6.13. The minimum absolute atomic E-state index is 0.451. The summed E-state index contributed by atoms with van der Waals surface area (Å²) in [4.78, 5) is 1.28. The summed E-state index contributed by atoms with van der Waals surface area (Å²) in [6.07, 6.45) is 0. The molecule has 0 aliphatic carbocycles. The van der Waals surface area contributed by atoms with Crippen molar-refractivity contribution >= 4 is 23.2 Å². The Hall–Kier alpha value is -2.08. The molecule has 1 unspecified atom stereocenters. The molecule has 0 saturated carbocycles. The fraction of sp³-hybridized carbons (Fsp3) is 0.267. The van der Waals surface area contributed by atoms with Crippen LogP contribution in [0.4, 0.5) is 5.82 Å². The smallest absolute Gasteiger partial charge is 0.178 e. The highest BCUT2D eigenvalue weighted by Crippen LogP contribution is 2.22. The largest absolute Gasteiger partial charge is 0.368 e. The van der Waals surface area contributed by atoms with E-state index >= 15 is 0 Å². The van der Waals surface area contributed by atoms with E-state index < -0.39 is 0 Å². The van der Waals surface area contributed by atoms with Crippen molar-refractivity contribution in [2.45, 2.75) is 24.0 Å². The van der Waals surface area contributed by atoms with Crippen molar-refractivity contribution in [1.29, 1.82) is 0 Å². The molecule has 0 bridgehead atoms. The van der Waals surface area contributed by atoms with Crippen molar-refractivity contribution in [1.82, 2.24) is 19.8 Å². The van der Waals surface area contributed by atoms with E-state index in [2.05, 4.69) is 51.8 Å². The molecule has 0 amide bonds. The Labute approximate surface area is 127 Å².